The van der Waals surface area contributed by atoms with Gasteiger partial charge in [-0.2, -0.15) is 0 Å². The quantitative estimate of drug-likeness (QED) is 0.0732. The van der Waals surface area contributed by atoms with Crippen molar-refractivity contribution in [1.29, 1.82) is 0 Å². The van der Waals surface area contributed by atoms with Crippen molar-refractivity contribution in [2.24, 2.45) is 17.6 Å². The summed E-state index contributed by atoms with van der Waals surface area (Å²) in [4.78, 5) is 68.7. The molecule has 3 aromatic carbocycles. The highest BCUT2D eigenvalue weighted by Gasteiger charge is 2.23. The molecule has 4 atom stereocenters. The van der Waals surface area contributed by atoms with E-state index in [1.807, 2.05) is 91.0 Å². The minimum atomic E-state index is -0.997. The van der Waals surface area contributed by atoms with E-state index in [-0.39, 0.29) is 55.6 Å². The van der Waals surface area contributed by atoms with Gasteiger partial charge in [0.2, 0.25) is 0 Å². The van der Waals surface area contributed by atoms with Gasteiger partial charge in [0.15, 0.2) is 0 Å². The molecule has 3 rings (SSSR count). The molecule has 0 aliphatic heterocycles. The van der Waals surface area contributed by atoms with E-state index in [4.69, 9.17) is 25.1 Å². The number of carboxylic acids is 2. The van der Waals surface area contributed by atoms with Crippen LogP contribution in [0.3, 0.4) is 0 Å². The molecule has 5 N–H and O–H groups in total. The lowest BCUT2D eigenvalue weighted by Gasteiger charge is -2.20. The molecule has 0 saturated heterocycles. The van der Waals surface area contributed by atoms with Crippen LogP contribution >= 0.6 is 0 Å². The molecule has 0 heterocycles. The van der Waals surface area contributed by atoms with Gasteiger partial charge in [-0.05, 0) is 83.9 Å². The highest BCUT2D eigenvalue weighted by atomic mass is 16.6. The third-order valence-corrected chi connectivity index (χ3v) is 8.30. The summed E-state index contributed by atoms with van der Waals surface area (Å²) >= 11 is 0. The van der Waals surface area contributed by atoms with Crippen LogP contribution in [0, 0.1) is 11.8 Å². The van der Waals surface area contributed by atoms with Gasteiger partial charge >= 0.3 is 29.8 Å². The number of nitrogens with one attached hydrogen (secondary N) is 1. The molecule has 0 saturated carbocycles. The van der Waals surface area contributed by atoms with Crippen molar-refractivity contribution < 1.29 is 53.2 Å². The number of rotatable bonds is 19. The summed E-state index contributed by atoms with van der Waals surface area (Å²) in [5, 5.41) is 20.7. The number of nitrogens with two attached hydrogens (primary N) is 1. The summed E-state index contributed by atoms with van der Waals surface area (Å²) in [5.74, 6) is -3.89. The van der Waals surface area contributed by atoms with Crippen LogP contribution in [0.25, 0.3) is 0 Å². The van der Waals surface area contributed by atoms with Gasteiger partial charge in [-0.25, -0.2) is 0 Å². The maximum Gasteiger partial charge on any atom is 0.323 e. The van der Waals surface area contributed by atoms with E-state index < -0.39 is 41.1 Å². The molecule has 0 fully saturated rings. The number of hydrogen-bond donors (Lipinski definition) is 4. The normalized spacial score (nSPS) is 13.0. The summed E-state index contributed by atoms with van der Waals surface area (Å²) in [5.41, 5.74) is 7.68. The molecular weight excluding hydrogens is 757 g/mol. The van der Waals surface area contributed by atoms with Crippen LogP contribution in [-0.4, -0.2) is 75.7 Å². The minimum Gasteiger partial charge on any atom is -0.481 e. The van der Waals surface area contributed by atoms with Gasteiger partial charge in [0.25, 0.3) is 0 Å². The molecule has 13 nitrogen and oxygen atoms in total. The molecule has 0 aliphatic rings. The number of ether oxygens (including phenoxy) is 3. The lowest BCUT2D eigenvalue weighted by atomic mass is 9.99. The smallest absolute Gasteiger partial charge is 0.323 e. The molecular formula is C46H64N2O11. The molecule has 59 heavy (non-hydrogen) atoms. The van der Waals surface area contributed by atoms with Crippen molar-refractivity contribution in [2.45, 2.75) is 124 Å². The monoisotopic (exact) mass is 820 g/mol. The van der Waals surface area contributed by atoms with Crippen molar-refractivity contribution in [1.82, 2.24) is 5.32 Å². The topological polar surface area (TPSA) is 209 Å². The van der Waals surface area contributed by atoms with Gasteiger partial charge in [-0.3, -0.25) is 34.1 Å². The molecule has 0 bridgehead atoms. The highest BCUT2D eigenvalue weighted by Crippen LogP contribution is 2.14. The van der Waals surface area contributed by atoms with Crippen molar-refractivity contribution in [2.75, 3.05) is 6.54 Å². The van der Waals surface area contributed by atoms with Crippen LogP contribution < -0.4 is 11.1 Å². The first-order chi connectivity index (χ1) is 27.6. The SMILES string of the molecule is C[C@@H](CCC(=O)OC(C)(C)C)C(=O)CN[C@H](Cc1ccccc1)C(=O)O.C[C@@H](CCC(=O)OC(C)(C)C)C(=O)O.N[C@H](Cc1ccccc1)C(=O)OCc1ccccc1. The second-order valence-corrected chi connectivity index (χ2v) is 16.2. The zero-order chi connectivity index (χ0) is 44.6. The average Bonchev–Trinajstić information content (AvgIpc) is 3.16. The van der Waals surface area contributed by atoms with Crippen LogP contribution in [0.1, 0.15) is 97.8 Å². The first kappa shape index (κ1) is 51.6. The predicted octanol–water partition coefficient (Wildman–Crippen LogP) is 6.73. The zero-order valence-electron chi connectivity index (χ0n) is 35.8. The number of carbonyl (C=O) groups excluding carboxylic acids is 4. The second-order valence-electron chi connectivity index (χ2n) is 16.2. The van der Waals surface area contributed by atoms with Gasteiger partial charge in [0.1, 0.15) is 35.7 Å². The molecule has 0 spiro atoms. The maximum atomic E-state index is 12.2. The number of Topliss-reactive ketones (excluding diaryl/α,β-unsaturated/α-hetero) is 1. The van der Waals surface area contributed by atoms with Gasteiger partial charge in [-0.15, -0.1) is 0 Å². The van der Waals surface area contributed by atoms with E-state index in [1.54, 1.807) is 55.4 Å². The fraction of sp³-hybridized carbons (Fsp3) is 0.478. The number of aliphatic carboxylic acids is 2. The van der Waals surface area contributed by atoms with E-state index in [0.29, 0.717) is 25.7 Å². The van der Waals surface area contributed by atoms with E-state index in [0.717, 1.165) is 16.7 Å². The second kappa shape index (κ2) is 26.6. The largest absolute Gasteiger partial charge is 0.481 e. The molecule has 0 aliphatic carbocycles. The maximum absolute atomic E-state index is 12.2. The third kappa shape index (κ3) is 25.6. The molecule has 324 valence electrons. The lowest BCUT2D eigenvalue weighted by molar-refractivity contribution is -0.156. The fourth-order valence-corrected chi connectivity index (χ4v) is 5.02. The van der Waals surface area contributed by atoms with Gasteiger partial charge in [-0.1, -0.05) is 105 Å². The fourth-order valence-electron chi connectivity index (χ4n) is 5.02. The third-order valence-electron chi connectivity index (χ3n) is 8.30. The molecule has 0 radical (unpaired) electrons. The predicted molar refractivity (Wildman–Crippen MR) is 225 cm³/mol. The number of hydrogen-bond acceptors (Lipinski definition) is 11. The molecule has 13 heteroatoms. The Labute approximate surface area is 349 Å². The summed E-state index contributed by atoms with van der Waals surface area (Å²) in [6.45, 7) is 14.3. The van der Waals surface area contributed by atoms with E-state index in [2.05, 4.69) is 5.32 Å². The Morgan fingerprint density at radius 3 is 1.42 bits per heavy atom. The number of benzene rings is 3. The van der Waals surface area contributed by atoms with Crippen LogP contribution in [0.2, 0.25) is 0 Å². The van der Waals surface area contributed by atoms with Gasteiger partial charge in [0, 0.05) is 18.8 Å². The number of esters is 3. The Morgan fingerprint density at radius 2 is 1.02 bits per heavy atom. The summed E-state index contributed by atoms with van der Waals surface area (Å²) < 4.78 is 15.5. The average molecular weight is 821 g/mol. The summed E-state index contributed by atoms with van der Waals surface area (Å²) in [7, 11) is 0. The summed E-state index contributed by atoms with van der Waals surface area (Å²) in [6.07, 6.45) is 1.82. The van der Waals surface area contributed by atoms with Gasteiger partial charge < -0.3 is 30.2 Å². The number of carboxylic acid groups (broad SMARTS) is 2. The Bertz CT molecular complexity index is 1720. The Kier molecular flexibility index (Phi) is 23.2. The molecule has 0 amide bonds. The van der Waals surface area contributed by atoms with E-state index >= 15 is 0 Å². The standard InChI is InChI=1S/C20H29NO5.C16H17NO2.C10H18O4/c1-14(10-11-18(23)26-20(2,3)4)17(22)13-21-16(19(24)25)12-15-8-6-5-7-9-15;17-15(11-13-7-3-1-4-8-13)16(18)19-12-14-9-5-2-6-10-14;1-7(9(12)13)5-6-8(11)14-10(2,3)4/h5-9,14,16,21H,10-13H2,1-4H3,(H,24,25);1-10,15H,11-12,17H2;7H,5-6H2,1-4H3,(H,12,13)/t14-,16+;15-;7-/m010/s1. The zero-order valence-corrected chi connectivity index (χ0v) is 35.8. The van der Waals surface area contributed by atoms with Crippen molar-refractivity contribution in [3.63, 3.8) is 0 Å². The van der Waals surface area contributed by atoms with Crippen LogP contribution in [0.15, 0.2) is 91.0 Å². The highest BCUT2D eigenvalue weighted by molar-refractivity contribution is 5.84. The summed E-state index contributed by atoms with van der Waals surface area (Å²) in [6, 6.07) is 27.1. The van der Waals surface area contributed by atoms with Crippen LogP contribution in [0.5, 0.6) is 0 Å². The number of carbonyl (C=O) groups is 6. The first-order valence-electron chi connectivity index (χ1n) is 19.8. The van der Waals surface area contributed by atoms with E-state index in [1.165, 1.54) is 0 Å². The Morgan fingerprint density at radius 1 is 0.610 bits per heavy atom. The Balaban J connectivity index is 0.000000465. The Hall–Kier alpha value is -5.40. The van der Waals surface area contributed by atoms with Crippen molar-refractivity contribution in [3.8, 4) is 0 Å². The van der Waals surface area contributed by atoms with Crippen molar-refractivity contribution in [3.05, 3.63) is 108 Å². The van der Waals surface area contributed by atoms with Gasteiger partial charge in [0.05, 0.1) is 12.5 Å². The molecule has 3 aromatic rings. The van der Waals surface area contributed by atoms with Crippen LogP contribution in [0.4, 0.5) is 0 Å². The minimum absolute atomic E-state index is 0.0424. The van der Waals surface area contributed by atoms with Crippen molar-refractivity contribution >= 4 is 35.6 Å². The molecule has 0 unspecified atom stereocenters. The van der Waals surface area contributed by atoms with E-state index in [9.17, 15) is 33.9 Å². The lowest BCUT2D eigenvalue weighted by Crippen LogP contribution is -2.42. The molecule has 0 aromatic heterocycles. The first-order valence-corrected chi connectivity index (χ1v) is 19.8. The number of ketones is 1. The van der Waals surface area contributed by atoms with Crippen LogP contribution in [-0.2, 0) is 62.4 Å².